The van der Waals surface area contributed by atoms with Crippen molar-refractivity contribution in [3.05, 3.63) is 52.9 Å². The second-order valence-electron chi connectivity index (χ2n) is 6.20. The lowest BCUT2D eigenvalue weighted by Gasteiger charge is -2.20. The molecule has 0 fully saturated rings. The first-order valence-corrected chi connectivity index (χ1v) is 11.3. The summed E-state index contributed by atoms with van der Waals surface area (Å²) in [7, 11) is -2.20. The molecule has 27 heavy (non-hydrogen) atoms. The molecule has 0 spiro atoms. The summed E-state index contributed by atoms with van der Waals surface area (Å²) >= 11 is 1.14. The van der Waals surface area contributed by atoms with Gasteiger partial charge in [-0.05, 0) is 35.7 Å². The van der Waals surface area contributed by atoms with Crippen LogP contribution in [0.5, 0.6) is 0 Å². The number of amides is 1. The lowest BCUT2D eigenvalue weighted by molar-refractivity contribution is -0.121. The lowest BCUT2D eigenvalue weighted by Crippen LogP contribution is -2.38. The van der Waals surface area contributed by atoms with Gasteiger partial charge in [0.25, 0.3) is 10.0 Å². The summed E-state index contributed by atoms with van der Waals surface area (Å²) in [5.41, 5.74) is 2.21. The first-order valence-electron chi connectivity index (χ1n) is 8.94. The molecule has 1 N–H and O–H groups in total. The Morgan fingerprint density at radius 3 is 2.33 bits per heavy atom. The van der Waals surface area contributed by atoms with Crippen LogP contribution in [0.3, 0.4) is 0 Å². The standard InChI is InChI=1S/C19H27N3O3S2/c1-4-22(5-2)14-17-10-7-6-9-16(17)13-20-18(23)15-21(3)27(24,25)19-11-8-12-26-19/h6-12H,4-5,13-15H2,1-3H3,(H,20,23). The Labute approximate surface area is 165 Å². The molecule has 1 aromatic carbocycles. The maximum absolute atomic E-state index is 12.4. The maximum Gasteiger partial charge on any atom is 0.252 e. The number of nitrogens with zero attached hydrogens (tertiary/aromatic N) is 2. The van der Waals surface area contributed by atoms with E-state index >= 15 is 0 Å². The summed E-state index contributed by atoms with van der Waals surface area (Å²) in [6, 6.07) is 11.2. The van der Waals surface area contributed by atoms with Gasteiger partial charge in [-0.2, -0.15) is 4.31 Å². The number of hydrogen-bond acceptors (Lipinski definition) is 5. The van der Waals surface area contributed by atoms with E-state index in [9.17, 15) is 13.2 Å². The van der Waals surface area contributed by atoms with Gasteiger partial charge in [0.2, 0.25) is 5.91 Å². The molecule has 0 unspecified atom stereocenters. The topological polar surface area (TPSA) is 69.7 Å². The summed E-state index contributed by atoms with van der Waals surface area (Å²) in [4.78, 5) is 14.6. The normalized spacial score (nSPS) is 11.9. The Kier molecular flexibility index (Phi) is 7.97. The number of nitrogens with one attached hydrogen (secondary N) is 1. The molecule has 1 heterocycles. The quantitative estimate of drug-likeness (QED) is 0.655. The Hall–Kier alpha value is -1.74. The molecule has 2 rings (SSSR count). The molecule has 6 nitrogen and oxygen atoms in total. The Morgan fingerprint density at radius 1 is 1.07 bits per heavy atom. The fourth-order valence-electron chi connectivity index (χ4n) is 2.67. The molecule has 148 valence electrons. The van der Waals surface area contributed by atoms with Crippen molar-refractivity contribution >= 4 is 27.3 Å². The van der Waals surface area contributed by atoms with Crippen molar-refractivity contribution in [3.63, 3.8) is 0 Å². The molecule has 0 aliphatic carbocycles. The summed E-state index contributed by atoms with van der Waals surface area (Å²) in [5, 5.41) is 4.54. The van der Waals surface area contributed by atoms with Crippen molar-refractivity contribution in [2.45, 2.75) is 31.1 Å². The van der Waals surface area contributed by atoms with Crippen molar-refractivity contribution in [3.8, 4) is 0 Å². The molecule has 0 bridgehead atoms. The number of benzene rings is 1. The van der Waals surface area contributed by atoms with E-state index in [2.05, 4.69) is 30.1 Å². The van der Waals surface area contributed by atoms with Gasteiger partial charge >= 0.3 is 0 Å². The van der Waals surface area contributed by atoms with Crippen LogP contribution >= 0.6 is 11.3 Å². The molecule has 0 radical (unpaired) electrons. The zero-order valence-corrected chi connectivity index (χ0v) is 17.6. The predicted molar refractivity (Wildman–Crippen MR) is 109 cm³/mol. The van der Waals surface area contributed by atoms with Crippen molar-refractivity contribution in [2.24, 2.45) is 0 Å². The van der Waals surface area contributed by atoms with Crippen molar-refractivity contribution in [2.75, 3.05) is 26.7 Å². The molecule has 0 aliphatic heterocycles. The number of carbonyl (C=O) groups excluding carboxylic acids is 1. The van der Waals surface area contributed by atoms with E-state index in [1.165, 1.54) is 18.7 Å². The van der Waals surface area contributed by atoms with Gasteiger partial charge in [0.05, 0.1) is 6.54 Å². The minimum Gasteiger partial charge on any atom is -0.351 e. The zero-order chi connectivity index (χ0) is 19.9. The molecule has 0 atom stereocenters. The van der Waals surface area contributed by atoms with E-state index in [0.717, 1.165) is 40.8 Å². The van der Waals surface area contributed by atoms with Crippen molar-refractivity contribution in [1.82, 2.24) is 14.5 Å². The summed E-state index contributed by atoms with van der Waals surface area (Å²) < 4.78 is 26.1. The van der Waals surface area contributed by atoms with Gasteiger partial charge in [-0.3, -0.25) is 9.69 Å². The van der Waals surface area contributed by atoms with Crippen molar-refractivity contribution in [1.29, 1.82) is 0 Å². The third kappa shape index (κ3) is 5.87. The van der Waals surface area contributed by atoms with Crippen molar-refractivity contribution < 1.29 is 13.2 Å². The minimum atomic E-state index is -3.62. The molecular formula is C19H27N3O3S2. The van der Waals surface area contributed by atoms with Crippen LogP contribution in [0.4, 0.5) is 0 Å². The van der Waals surface area contributed by atoms with E-state index in [1.807, 2.05) is 18.2 Å². The molecule has 8 heteroatoms. The van der Waals surface area contributed by atoms with E-state index in [0.29, 0.717) is 6.54 Å². The predicted octanol–water partition coefficient (Wildman–Crippen LogP) is 2.53. The molecule has 1 amide bonds. The van der Waals surface area contributed by atoms with Gasteiger partial charge < -0.3 is 5.32 Å². The van der Waals surface area contributed by atoms with Crippen LogP contribution in [-0.4, -0.2) is 50.2 Å². The van der Waals surface area contributed by atoms with E-state index in [-0.39, 0.29) is 16.7 Å². The van der Waals surface area contributed by atoms with Gasteiger partial charge in [0.15, 0.2) is 0 Å². The minimum absolute atomic E-state index is 0.210. The monoisotopic (exact) mass is 409 g/mol. The molecule has 0 saturated heterocycles. The van der Waals surface area contributed by atoms with Crippen LogP contribution in [-0.2, 0) is 27.9 Å². The Bertz CT molecular complexity index is 832. The lowest BCUT2D eigenvalue weighted by atomic mass is 10.1. The molecule has 1 aromatic heterocycles. The summed E-state index contributed by atoms with van der Waals surface area (Å²) in [5.74, 6) is -0.324. The van der Waals surface area contributed by atoms with Crippen LogP contribution in [0, 0.1) is 0 Å². The highest BCUT2D eigenvalue weighted by Gasteiger charge is 2.23. The Balaban J connectivity index is 1.96. The molecule has 0 saturated carbocycles. The van der Waals surface area contributed by atoms with E-state index in [1.54, 1.807) is 11.4 Å². The zero-order valence-electron chi connectivity index (χ0n) is 16.0. The SMILES string of the molecule is CCN(CC)Cc1ccccc1CNC(=O)CN(C)S(=O)(=O)c1cccs1. The molecule has 0 aliphatic rings. The number of rotatable bonds is 10. The van der Waals surface area contributed by atoms with Gasteiger partial charge in [-0.15, -0.1) is 11.3 Å². The number of hydrogen-bond donors (Lipinski definition) is 1. The molecular weight excluding hydrogens is 382 g/mol. The average Bonchev–Trinajstić information content (AvgIpc) is 3.20. The summed E-state index contributed by atoms with van der Waals surface area (Å²) in [6.07, 6.45) is 0. The molecule has 2 aromatic rings. The maximum atomic E-state index is 12.4. The Morgan fingerprint density at radius 2 is 1.74 bits per heavy atom. The second-order valence-corrected chi connectivity index (χ2v) is 9.42. The number of sulfonamides is 1. The fraction of sp³-hybridized carbons (Fsp3) is 0.421. The second kappa shape index (κ2) is 9.98. The van der Waals surface area contributed by atoms with Crippen LogP contribution in [0.15, 0.2) is 46.0 Å². The van der Waals surface area contributed by atoms with E-state index in [4.69, 9.17) is 0 Å². The third-order valence-corrected chi connectivity index (χ3v) is 7.59. The highest BCUT2D eigenvalue weighted by molar-refractivity contribution is 7.91. The van der Waals surface area contributed by atoms with Gasteiger partial charge in [-0.1, -0.05) is 44.2 Å². The van der Waals surface area contributed by atoms with E-state index < -0.39 is 10.0 Å². The van der Waals surface area contributed by atoms with Crippen LogP contribution < -0.4 is 5.32 Å². The highest BCUT2D eigenvalue weighted by atomic mass is 32.2. The largest absolute Gasteiger partial charge is 0.351 e. The number of carbonyl (C=O) groups is 1. The first-order chi connectivity index (χ1) is 12.9. The van der Waals surface area contributed by atoms with Crippen LogP contribution in [0.2, 0.25) is 0 Å². The number of thiophene rings is 1. The number of likely N-dealkylation sites (N-methyl/N-ethyl adjacent to an activating group) is 1. The van der Waals surface area contributed by atoms with Gasteiger partial charge in [-0.25, -0.2) is 8.42 Å². The smallest absolute Gasteiger partial charge is 0.252 e. The van der Waals surface area contributed by atoms with Crippen LogP contribution in [0.1, 0.15) is 25.0 Å². The highest BCUT2D eigenvalue weighted by Crippen LogP contribution is 2.19. The van der Waals surface area contributed by atoms with Crippen LogP contribution in [0.25, 0.3) is 0 Å². The first kappa shape index (κ1) is 21.6. The summed E-state index contributed by atoms with van der Waals surface area (Å²) in [6.45, 7) is 7.16. The van der Waals surface area contributed by atoms with Gasteiger partial charge in [0.1, 0.15) is 4.21 Å². The van der Waals surface area contributed by atoms with Gasteiger partial charge in [0, 0.05) is 20.1 Å². The third-order valence-electron chi connectivity index (χ3n) is 4.41. The fourth-order valence-corrected chi connectivity index (χ4v) is 5.00. The average molecular weight is 410 g/mol.